The Hall–Kier alpha value is -1.95. The third-order valence-electron chi connectivity index (χ3n) is 3.73. The summed E-state index contributed by atoms with van der Waals surface area (Å²) in [6, 6.07) is 3.11. The van der Waals surface area contributed by atoms with Gasteiger partial charge in [0.1, 0.15) is 18.4 Å². The molecule has 1 heterocycles. The predicted molar refractivity (Wildman–Crippen MR) is 71.4 cm³/mol. The zero-order chi connectivity index (χ0) is 14.3. The van der Waals surface area contributed by atoms with Crippen molar-refractivity contribution in [3.05, 3.63) is 29.6 Å². The monoisotopic (exact) mass is 277 g/mol. The van der Waals surface area contributed by atoms with Crippen molar-refractivity contribution in [1.82, 2.24) is 5.32 Å². The zero-order valence-electron chi connectivity index (χ0n) is 10.9. The Morgan fingerprint density at radius 1 is 1.45 bits per heavy atom. The van der Waals surface area contributed by atoms with E-state index in [4.69, 9.17) is 5.73 Å². The van der Waals surface area contributed by atoms with Gasteiger partial charge in [-0.2, -0.15) is 0 Å². The van der Waals surface area contributed by atoms with E-state index in [2.05, 4.69) is 5.32 Å². The van der Waals surface area contributed by atoms with Crippen LogP contribution in [-0.4, -0.2) is 24.9 Å². The normalized spacial score (nSPS) is 21.0. The van der Waals surface area contributed by atoms with E-state index in [1.807, 2.05) is 0 Å². The first-order chi connectivity index (χ1) is 9.56. The molecule has 2 aliphatic rings. The molecular weight excluding hydrogens is 261 g/mol. The highest BCUT2D eigenvalue weighted by atomic mass is 19.1. The molecule has 0 bridgehead atoms. The molecule has 2 amide bonds. The maximum Gasteiger partial charge on any atom is 0.249 e. The van der Waals surface area contributed by atoms with E-state index in [9.17, 15) is 14.0 Å². The molecule has 20 heavy (non-hydrogen) atoms. The van der Waals surface area contributed by atoms with Gasteiger partial charge in [0.15, 0.2) is 0 Å². The number of rotatable bonds is 4. The molecule has 0 spiro atoms. The smallest absolute Gasteiger partial charge is 0.249 e. The minimum absolute atomic E-state index is 0.0715. The number of nitrogens with two attached hydrogens (primary N) is 1. The van der Waals surface area contributed by atoms with E-state index in [-0.39, 0.29) is 18.4 Å². The minimum Gasteiger partial charge on any atom is -0.354 e. The van der Waals surface area contributed by atoms with Crippen molar-refractivity contribution in [2.45, 2.75) is 18.9 Å². The number of carbonyl (C=O) groups excluding carboxylic acids is 2. The number of fused-ring (bicyclic) bond motifs is 1. The maximum absolute atomic E-state index is 13.2. The van der Waals surface area contributed by atoms with Gasteiger partial charge in [0.2, 0.25) is 11.8 Å². The Morgan fingerprint density at radius 3 is 2.90 bits per heavy atom. The largest absolute Gasteiger partial charge is 0.354 e. The number of hydrogen-bond donors (Lipinski definition) is 2. The molecule has 1 aromatic rings. The first kappa shape index (κ1) is 13.1. The van der Waals surface area contributed by atoms with Gasteiger partial charge in [0.05, 0.1) is 0 Å². The van der Waals surface area contributed by atoms with Crippen LogP contribution in [0.1, 0.15) is 24.4 Å². The molecule has 6 heteroatoms. The highest BCUT2D eigenvalue weighted by Crippen LogP contribution is 2.34. The zero-order valence-corrected chi connectivity index (χ0v) is 10.9. The number of nitrogens with zero attached hydrogens (tertiary/aromatic N) is 1. The van der Waals surface area contributed by atoms with Crippen LogP contribution in [0.4, 0.5) is 10.1 Å². The standard InChI is InChI=1S/C14H16FN3O2/c15-9-3-4-11-10(5-9)13(16)14(20)18(11)7-12(19)17-6-8-1-2-8/h3-5,8,13H,1-2,6-7,16H2,(H,17,19). The Bertz CT molecular complexity index is 572. The van der Waals surface area contributed by atoms with E-state index in [0.717, 1.165) is 12.8 Å². The maximum atomic E-state index is 13.2. The van der Waals surface area contributed by atoms with Gasteiger partial charge in [0.25, 0.3) is 0 Å². The average molecular weight is 277 g/mol. The van der Waals surface area contributed by atoms with Gasteiger partial charge in [-0.15, -0.1) is 0 Å². The Morgan fingerprint density at radius 2 is 2.20 bits per heavy atom. The molecular formula is C14H16FN3O2. The van der Waals surface area contributed by atoms with E-state index in [0.29, 0.717) is 23.7 Å². The molecule has 0 saturated heterocycles. The van der Waals surface area contributed by atoms with Gasteiger partial charge < -0.3 is 16.0 Å². The summed E-state index contributed by atoms with van der Waals surface area (Å²) < 4.78 is 13.2. The molecule has 0 aromatic heterocycles. The van der Waals surface area contributed by atoms with Gasteiger partial charge in [-0.25, -0.2) is 4.39 Å². The topological polar surface area (TPSA) is 75.4 Å². The number of anilines is 1. The molecule has 5 nitrogen and oxygen atoms in total. The molecule has 0 radical (unpaired) electrons. The highest BCUT2D eigenvalue weighted by molar-refractivity contribution is 6.07. The van der Waals surface area contributed by atoms with Crippen molar-refractivity contribution in [3.63, 3.8) is 0 Å². The van der Waals surface area contributed by atoms with Crippen molar-refractivity contribution in [1.29, 1.82) is 0 Å². The lowest BCUT2D eigenvalue weighted by atomic mass is 10.1. The van der Waals surface area contributed by atoms with Gasteiger partial charge in [0, 0.05) is 17.8 Å². The van der Waals surface area contributed by atoms with Gasteiger partial charge in [-0.05, 0) is 37.0 Å². The Balaban J connectivity index is 1.73. The first-order valence-corrected chi connectivity index (χ1v) is 6.69. The fourth-order valence-electron chi connectivity index (χ4n) is 2.38. The lowest BCUT2D eigenvalue weighted by Gasteiger charge is -2.17. The van der Waals surface area contributed by atoms with Crippen LogP contribution in [0.25, 0.3) is 0 Å². The number of benzene rings is 1. The second-order valence-electron chi connectivity index (χ2n) is 5.35. The van der Waals surface area contributed by atoms with Crippen LogP contribution in [0.2, 0.25) is 0 Å². The molecule has 1 aliphatic heterocycles. The summed E-state index contributed by atoms with van der Waals surface area (Å²) in [5, 5.41) is 2.80. The first-order valence-electron chi connectivity index (χ1n) is 6.69. The second-order valence-corrected chi connectivity index (χ2v) is 5.35. The number of carbonyl (C=O) groups is 2. The van der Waals surface area contributed by atoms with Crippen LogP contribution in [0.15, 0.2) is 18.2 Å². The molecule has 1 saturated carbocycles. The third kappa shape index (κ3) is 2.38. The Kier molecular flexibility index (Phi) is 3.17. The average Bonchev–Trinajstić information content (AvgIpc) is 3.22. The van der Waals surface area contributed by atoms with Crippen molar-refractivity contribution in [2.24, 2.45) is 11.7 Å². The summed E-state index contributed by atoms with van der Waals surface area (Å²) in [5.74, 6) is -0.439. The van der Waals surface area contributed by atoms with Gasteiger partial charge >= 0.3 is 0 Å². The van der Waals surface area contributed by atoms with E-state index in [1.54, 1.807) is 0 Å². The third-order valence-corrected chi connectivity index (χ3v) is 3.73. The summed E-state index contributed by atoms with van der Waals surface area (Å²) in [6.45, 7) is 0.584. The Labute approximate surface area is 115 Å². The second kappa shape index (κ2) is 4.86. The fraction of sp³-hybridized carbons (Fsp3) is 0.429. The molecule has 106 valence electrons. The van der Waals surface area contributed by atoms with E-state index in [1.165, 1.54) is 23.1 Å². The van der Waals surface area contributed by atoms with E-state index >= 15 is 0 Å². The molecule has 1 aromatic carbocycles. The number of amides is 2. The molecule has 1 aliphatic carbocycles. The van der Waals surface area contributed by atoms with Gasteiger partial charge in [-0.3, -0.25) is 9.59 Å². The number of nitrogens with one attached hydrogen (secondary N) is 1. The van der Waals surface area contributed by atoms with Crippen LogP contribution in [-0.2, 0) is 9.59 Å². The summed E-state index contributed by atoms with van der Waals surface area (Å²) in [5.41, 5.74) is 6.72. The summed E-state index contributed by atoms with van der Waals surface area (Å²) in [6.07, 6.45) is 2.30. The summed E-state index contributed by atoms with van der Waals surface area (Å²) >= 11 is 0. The minimum atomic E-state index is -0.892. The summed E-state index contributed by atoms with van der Waals surface area (Å²) in [7, 11) is 0. The quantitative estimate of drug-likeness (QED) is 0.850. The summed E-state index contributed by atoms with van der Waals surface area (Å²) in [4.78, 5) is 25.2. The van der Waals surface area contributed by atoms with Crippen LogP contribution in [0, 0.1) is 11.7 Å². The van der Waals surface area contributed by atoms with Crippen LogP contribution < -0.4 is 16.0 Å². The van der Waals surface area contributed by atoms with Gasteiger partial charge in [-0.1, -0.05) is 0 Å². The van der Waals surface area contributed by atoms with Crippen molar-refractivity contribution in [3.8, 4) is 0 Å². The molecule has 1 atom stereocenters. The number of hydrogen-bond acceptors (Lipinski definition) is 3. The molecule has 3 N–H and O–H groups in total. The number of halogens is 1. The lowest BCUT2D eigenvalue weighted by Crippen LogP contribution is -2.41. The predicted octanol–water partition coefficient (Wildman–Crippen LogP) is 0.698. The van der Waals surface area contributed by atoms with E-state index < -0.39 is 11.9 Å². The fourth-order valence-corrected chi connectivity index (χ4v) is 2.38. The van der Waals surface area contributed by atoms with Crippen LogP contribution >= 0.6 is 0 Å². The molecule has 1 unspecified atom stereocenters. The van der Waals surface area contributed by atoms with Crippen molar-refractivity contribution < 1.29 is 14.0 Å². The molecule has 1 fully saturated rings. The van der Waals surface area contributed by atoms with Crippen LogP contribution in [0.3, 0.4) is 0 Å². The molecule has 3 rings (SSSR count). The SMILES string of the molecule is NC1C(=O)N(CC(=O)NCC2CC2)c2ccc(F)cc21. The highest BCUT2D eigenvalue weighted by Gasteiger charge is 2.36. The lowest BCUT2D eigenvalue weighted by molar-refractivity contribution is -0.124. The van der Waals surface area contributed by atoms with Crippen molar-refractivity contribution >= 4 is 17.5 Å². The van der Waals surface area contributed by atoms with Crippen LogP contribution in [0.5, 0.6) is 0 Å². The van der Waals surface area contributed by atoms with Crippen molar-refractivity contribution in [2.75, 3.05) is 18.0 Å².